The molecule has 1 aromatic carbocycles. The lowest BCUT2D eigenvalue weighted by atomic mass is 10.2. The summed E-state index contributed by atoms with van der Waals surface area (Å²) in [5.74, 6) is -0.0220. The van der Waals surface area contributed by atoms with E-state index < -0.39 is 5.97 Å². The minimum absolute atomic E-state index is 0.396. The average molecular weight is 356 g/mol. The van der Waals surface area contributed by atoms with Gasteiger partial charge >= 0.3 is 5.97 Å². The van der Waals surface area contributed by atoms with Crippen LogP contribution in [0, 0.1) is 0 Å². The fraction of sp³-hybridized carbons (Fsp3) is 0.471. The third kappa shape index (κ3) is 5.70. The van der Waals surface area contributed by atoms with Gasteiger partial charge in [-0.2, -0.15) is 0 Å². The van der Waals surface area contributed by atoms with Crippen molar-refractivity contribution >= 4 is 23.6 Å². The molecule has 6 nitrogen and oxygen atoms in total. The van der Waals surface area contributed by atoms with E-state index in [0.717, 1.165) is 38.9 Å². The van der Waals surface area contributed by atoms with Crippen molar-refractivity contribution in [3.8, 4) is 11.5 Å². The fourth-order valence-electron chi connectivity index (χ4n) is 2.36. The van der Waals surface area contributed by atoms with Crippen LogP contribution in [0.25, 0.3) is 6.08 Å². The Labute approximate surface area is 146 Å². The van der Waals surface area contributed by atoms with Gasteiger partial charge < -0.3 is 19.3 Å². The molecule has 0 bridgehead atoms. The second kappa shape index (κ2) is 9.52. The molecule has 7 heteroatoms. The van der Waals surface area contributed by atoms with Crippen LogP contribution in [-0.4, -0.2) is 62.0 Å². The van der Waals surface area contributed by atoms with Crippen molar-refractivity contribution in [1.82, 2.24) is 4.90 Å². The summed E-state index contributed by atoms with van der Waals surface area (Å²) in [6.45, 7) is 6.89. The van der Waals surface area contributed by atoms with Gasteiger partial charge in [0, 0.05) is 25.7 Å². The van der Waals surface area contributed by atoms with Gasteiger partial charge in [0.05, 0.1) is 24.8 Å². The molecule has 0 aromatic heterocycles. The van der Waals surface area contributed by atoms with Crippen LogP contribution in [0.5, 0.6) is 11.5 Å². The van der Waals surface area contributed by atoms with Crippen LogP contribution >= 0.6 is 11.6 Å². The molecule has 0 unspecified atom stereocenters. The first-order valence-corrected chi connectivity index (χ1v) is 8.28. The molecule has 0 aliphatic carbocycles. The van der Waals surface area contributed by atoms with Crippen LogP contribution in [0.15, 0.2) is 18.2 Å². The van der Waals surface area contributed by atoms with E-state index >= 15 is 0 Å². The fourth-order valence-corrected chi connectivity index (χ4v) is 2.63. The first-order chi connectivity index (χ1) is 11.6. The van der Waals surface area contributed by atoms with Crippen LogP contribution in [0.3, 0.4) is 0 Å². The zero-order valence-electron chi connectivity index (χ0n) is 13.7. The van der Waals surface area contributed by atoms with E-state index in [0.29, 0.717) is 35.3 Å². The van der Waals surface area contributed by atoms with Gasteiger partial charge in [-0.1, -0.05) is 11.6 Å². The lowest BCUT2D eigenvalue weighted by molar-refractivity contribution is -0.131. The van der Waals surface area contributed by atoms with Gasteiger partial charge in [-0.25, -0.2) is 4.79 Å². The molecule has 0 radical (unpaired) electrons. The number of ether oxygens (including phenoxy) is 3. The summed E-state index contributed by atoms with van der Waals surface area (Å²) in [5, 5.41) is 9.12. The molecular weight excluding hydrogens is 334 g/mol. The molecule has 1 aliphatic heterocycles. The van der Waals surface area contributed by atoms with E-state index in [1.165, 1.54) is 6.08 Å². The summed E-state index contributed by atoms with van der Waals surface area (Å²) in [4.78, 5) is 12.9. The number of hydrogen-bond donors (Lipinski definition) is 1. The van der Waals surface area contributed by atoms with Gasteiger partial charge in [0.25, 0.3) is 0 Å². The minimum atomic E-state index is -1.02. The van der Waals surface area contributed by atoms with Crippen LogP contribution in [0.2, 0.25) is 5.02 Å². The highest BCUT2D eigenvalue weighted by Crippen LogP contribution is 2.37. The first-order valence-electron chi connectivity index (χ1n) is 7.90. The molecule has 1 fully saturated rings. The van der Waals surface area contributed by atoms with Crippen LogP contribution in [-0.2, 0) is 9.53 Å². The Morgan fingerprint density at radius 3 is 2.79 bits per heavy atom. The van der Waals surface area contributed by atoms with E-state index in [2.05, 4.69) is 4.90 Å². The van der Waals surface area contributed by atoms with Gasteiger partial charge in [0.1, 0.15) is 6.61 Å². The Bertz CT molecular complexity index is 585. The molecule has 24 heavy (non-hydrogen) atoms. The summed E-state index contributed by atoms with van der Waals surface area (Å²) < 4.78 is 16.7. The summed E-state index contributed by atoms with van der Waals surface area (Å²) in [5.41, 5.74) is 0.645. The van der Waals surface area contributed by atoms with Crippen LogP contribution in [0.4, 0.5) is 0 Å². The maximum atomic E-state index is 10.6. The zero-order chi connectivity index (χ0) is 17.4. The number of carboxylic acids is 1. The molecule has 1 aromatic rings. The number of carbonyl (C=O) groups is 1. The number of nitrogens with zero attached hydrogens (tertiary/aromatic N) is 1. The quantitative estimate of drug-likeness (QED) is 0.723. The molecule has 1 aliphatic rings. The van der Waals surface area contributed by atoms with Gasteiger partial charge in [-0.05, 0) is 30.7 Å². The molecule has 1 N–H and O–H groups in total. The number of carboxylic acid groups (broad SMARTS) is 1. The second-order valence-electron chi connectivity index (χ2n) is 5.24. The summed E-state index contributed by atoms with van der Waals surface area (Å²) in [6.07, 6.45) is 2.52. The van der Waals surface area contributed by atoms with E-state index in [4.69, 9.17) is 30.9 Å². The minimum Gasteiger partial charge on any atom is -0.490 e. The number of aliphatic carboxylic acids is 1. The standard InChI is InChI=1S/C17H22ClNO5/c1-2-23-15-12-13(3-4-16(20)21)11-14(18)17(15)24-10-7-19-5-8-22-9-6-19/h3-4,11-12H,2,5-10H2,1H3,(H,20,21). The molecule has 0 spiro atoms. The smallest absolute Gasteiger partial charge is 0.328 e. The molecule has 0 atom stereocenters. The van der Waals surface area contributed by atoms with E-state index in [9.17, 15) is 4.79 Å². The van der Waals surface area contributed by atoms with Crippen molar-refractivity contribution < 1.29 is 24.1 Å². The van der Waals surface area contributed by atoms with Crippen molar-refractivity contribution in [1.29, 1.82) is 0 Å². The number of rotatable bonds is 8. The number of hydrogen-bond acceptors (Lipinski definition) is 5. The van der Waals surface area contributed by atoms with E-state index in [1.807, 2.05) is 6.92 Å². The van der Waals surface area contributed by atoms with Crippen molar-refractivity contribution in [3.63, 3.8) is 0 Å². The maximum Gasteiger partial charge on any atom is 0.328 e. The van der Waals surface area contributed by atoms with Crippen molar-refractivity contribution in [2.75, 3.05) is 46.1 Å². The normalized spacial score (nSPS) is 15.6. The van der Waals surface area contributed by atoms with Gasteiger partial charge in [-0.15, -0.1) is 0 Å². The third-order valence-corrected chi connectivity index (χ3v) is 3.79. The predicted molar refractivity (Wildman–Crippen MR) is 92.0 cm³/mol. The van der Waals surface area contributed by atoms with E-state index in [1.54, 1.807) is 12.1 Å². The molecule has 1 saturated heterocycles. The van der Waals surface area contributed by atoms with Crippen molar-refractivity contribution in [2.24, 2.45) is 0 Å². The summed E-state index contributed by atoms with van der Waals surface area (Å²) >= 11 is 6.29. The van der Waals surface area contributed by atoms with Crippen LogP contribution < -0.4 is 9.47 Å². The highest BCUT2D eigenvalue weighted by atomic mass is 35.5. The molecule has 132 valence electrons. The highest BCUT2D eigenvalue weighted by molar-refractivity contribution is 6.32. The zero-order valence-corrected chi connectivity index (χ0v) is 14.4. The first kappa shape index (κ1) is 18.6. The molecule has 1 heterocycles. The maximum absolute atomic E-state index is 10.6. The van der Waals surface area contributed by atoms with Crippen LogP contribution in [0.1, 0.15) is 12.5 Å². The highest BCUT2D eigenvalue weighted by Gasteiger charge is 2.14. The third-order valence-electron chi connectivity index (χ3n) is 3.51. The predicted octanol–water partition coefficient (Wildman–Crippen LogP) is 2.55. The Balaban J connectivity index is 2.05. The van der Waals surface area contributed by atoms with Gasteiger partial charge in [0.15, 0.2) is 11.5 Å². The van der Waals surface area contributed by atoms with Gasteiger partial charge in [-0.3, -0.25) is 4.90 Å². The monoisotopic (exact) mass is 355 g/mol. The number of benzene rings is 1. The lowest BCUT2D eigenvalue weighted by Gasteiger charge is -2.26. The Kier molecular flexibility index (Phi) is 7.36. The van der Waals surface area contributed by atoms with Crippen molar-refractivity contribution in [3.05, 3.63) is 28.8 Å². The lowest BCUT2D eigenvalue weighted by Crippen LogP contribution is -2.38. The number of halogens is 1. The molecule has 2 rings (SSSR count). The average Bonchev–Trinajstić information content (AvgIpc) is 2.56. The molecular formula is C17H22ClNO5. The summed E-state index contributed by atoms with van der Waals surface area (Å²) in [6, 6.07) is 3.38. The second-order valence-corrected chi connectivity index (χ2v) is 5.64. The molecule has 0 saturated carbocycles. The van der Waals surface area contributed by atoms with Gasteiger partial charge in [0.2, 0.25) is 0 Å². The Morgan fingerprint density at radius 2 is 2.12 bits per heavy atom. The number of morpholine rings is 1. The SMILES string of the molecule is CCOc1cc(C=CC(=O)O)cc(Cl)c1OCCN1CCOCC1. The van der Waals surface area contributed by atoms with Crippen molar-refractivity contribution in [2.45, 2.75) is 6.92 Å². The van der Waals surface area contributed by atoms with E-state index in [-0.39, 0.29) is 0 Å². The Hall–Kier alpha value is -1.76. The summed E-state index contributed by atoms with van der Waals surface area (Å²) in [7, 11) is 0. The topological polar surface area (TPSA) is 68.2 Å². The Morgan fingerprint density at radius 1 is 1.38 bits per heavy atom. The molecule has 0 amide bonds. The largest absolute Gasteiger partial charge is 0.490 e.